The van der Waals surface area contributed by atoms with Crippen LogP contribution in [0.5, 0.6) is 11.5 Å². The fourth-order valence-electron chi connectivity index (χ4n) is 4.14. The van der Waals surface area contributed by atoms with Crippen LogP contribution in [0.4, 0.5) is 0 Å². The quantitative estimate of drug-likeness (QED) is 0.141. The average Bonchev–Trinajstić information content (AvgIpc) is 2.99. The van der Waals surface area contributed by atoms with E-state index in [4.69, 9.17) is 9.47 Å². The summed E-state index contributed by atoms with van der Waals surface area (Å²) in [5, 5.41) is 5.86. The predicted molar refractivity (Wildman–Crippen MR) is 169 cm³/mol. The molecule has 0 saturated heterocycles. The zero-order chi connectivity index (χ0) is 28.9. The molecule has 0 spiro atoms. The lowest BCUT2D eigenvalue weighted by atomic mass is 10.1. The summed E-state index contributed by atoms with van der Waals surface area (Å²) in [7, 11) is 0. The predicted octanol–water partition coefficient (Wildman–Crippen LogP) is 7.00. The van der Waals surface area contributed by atoms with E-state index in [-0.39, 0.29) is 11.8 Å². The number of carbonyl (C=O) groups is 2. The molecule has 0 aliphatic rings. The average molecular weight is 680 g/mol. The van der Waals surface area contributed by atoms with Gasteiger partial charge in [-0.2, -0.15) is 0 Å². The minimum atomic E-state index is -0.228. The van der Waals surface area contributed by atoms with Gasteiger partial charge < -0.3 is 20.1 Å². The minimum absolute atomic E-state index is 0.228. The van der Waals surface area contributed by atoms with Gasteiger partial charge in [-0.3, -0.25) is 9.59 Å². The molecule has 0 aliphatic heterocycles. The number of hydrogen-bond donors (Lipinski definition) is 2. The second-order valence-electron chi connectivity index (χ2n) is 9.31. The molecule has 4 aromatic carbocycles. The molecule has 2 N–H and O–H groups in total. The van der Waals surface area contributed by atoms with E-state index in [1.54, 1.807) is 24.3 Å². The number of rotatable bonds is 14. The molecule has 212 valence electrons. The molecule has 2 amide bonds. The van der Waals surface area contributed by atoms with Crippen LogP contribution in [0.1, 0.15) is 38.3 Å². The van der Waals surface area contributed by atoms with Crippen LogP contribution in [0.15, 0.2) is 106 Å². The Morgan fingerprint density at radius 3 is 1.41 bits per heavy atom. The third kappa shape index (κ3) is 9.76. The fourth-order valence-corrected chi connectivity index (χ4v) is 4.86. The molecule has 4 aromatic rings. The second-order valence-corrected chi connectivity index (χ2v) is 11.1. The van der Waals surface area contributed by atoms with Crippen molar-refractivity contribution in [3.63, 3.8) is 0 Å². The molecule has 0 bridgehead atoms. The first kappa shape index (κ1) is 30.3. The highest BCUT2D eigenvalue weighted by molar-refractivity contribution is 9.10. The molecule has 0 aliphatic carbocycles. The van der Waals surface area contributed by atoms with Crippen molar-refractivity contribution < 1.29 is 19.1 Å². The Balaban J connectivity index is 1.23. The van der Waals surface area contributed by atoms with Crippen molar-refractivity contribution in [2.45, 2.75) is 19.3 Å². The van der Waals surface area contributed by atoms with Crippen LogP contribution in [0.2, 0.25) is 0 Å². The van der Waals surface area contributed by atoms with Gasteiger partial charge >= 0.3 is 0 Å². The third-order valence-electron chi connectivity index (χ3n) is 6.28. The van der Waals surface area contributed by atoms with Crippen molar-refractivity contribution in [1.82, 2.24) is 10.6 Å². The third-order valence-corrected chi connectivity index (χ3v) is 7.27. The van der Waals surface area contributed by atoms with Gasteiger partial charge in [0.1, 0.15) is 11.5 Å². The Hall–Kier alpha value is -3.62. The lowest BCUT2D eigenvalue weighted by molar-refractivity contribution is 0.0948. The number of nitrogens with one attached hydrogen (secondary N) is 2. The molecule has 0 aromatic heterocycles. The number of amides is 2. The van der Waals surface area contributed by atoms with Crippen LogP contribution in [0.25, 0.3) is 0 Å². The molecular weight excluding hydrogens is 648 g/mol. The topological polar surface area (TPSA) is 76.7 Å². The van der Waals surface area contributed by atoms with Gasteiger partial charge in [0, 0.05) is 34.9 Å². The van der Waals surface area contributed by atoms with E-state index >= 15 is 0 Å². The van der Waals surface area contributed by atoms with Gasteiger partial charge in [0.25, 0.3) is 11.8 Å². The van der Waals surface area contributed by atoms with E-state index < -0.39 is 0 Å². The summed E-state index contributed by atoms with van der Waals surface area (Å²) >= 11 is 6.88. The van der Waals surface area contributed by atoms with Crippen LogP contribution < -0.4 is 20.1 Å². The molecule has 6 nitrogen and oxygen atoms in total. The summed E-state index contributed by atoms with van der Waals surface area (Å²) in [5.41, 5.74) is 3.27. The number of benzene rings is 4. The van der Waals surface area contributed by atoms with Crippen molar-refractivity contribution in [3.8, 4) is 11.5 Å². The molecule has 0 fully saturated rings. The molecular formula is C33H32Br2N2O4. The SMILES string of the molecule is O=C(NCCCNC(=O)c1cc(Br)ccc1OCCc1ccccc1)c1cc(Br)ccc1OCCc1ccccc1. The lowest BCUT2D eigenvalue weighted by Gasteiger charge is -2.14. The first-order chi connectivity index (χ1) is 20.0. The van der Waals surface area contributed by atoms with Crippen molar-refractivity contribution in [3.05, 3.63) is 128 Å². The highest BCUT2D eigenvalue weighted by atomic mass is 79.9. The van der Waals surface area contributed by atoms with E-state index in [9.17, 15) is 9.59 Å². The van der Waals surface area contributed by atoms with Crippen LogP contribution in [-0.2, 0) is 12.8 Å². The molecule has 0 radical (unpaired) electrons. The molecule has 0 heterocycles. The lowest BCUT2D eigenvalue weighted by Crippen LogP contribution is -2.30. The van der Waals surface area contributed by atoms with E-state index in [0.29, 0.717) is 55.4 Å². The van der Waals surface area contributed by atoms with Crippen molar-refractivity contribution in [2.75, 3.05) is 26.3 Å². The van der Waals surface area contributed by atoms with Gasteiger partial charge in [0.2, 0.25) is 0 Å². The van der Waals surface area contributed by atoms with Gasteiger partial charge in [-0.25, -0.2) is 0 Å². The Morgan fingerprint density at radius 1 is 0.585 bits per heavy atom. The van der Waals surface area contributed by atoms with Crippen LogP contribution in [0.3, 0.4) is 0 Å². The molecule has 4 rings (SSSR count). The van der Waals surface area contributed by atoms with Gasteiger partial charge in [-0.15, -0.1) is 0 Å². The van der Waals surface area contributed by atoms with Gasteiger partial charge in [-0.1, -0.05) is 92.5 Å². The standard InChI is InChI=1S/C33H32Br2N2O4/c34-26-12-14-30(40-20-16-24-8-3-1-4-9-24)28(22-26)32(38)36-18-7-19-37-33(39)29-23-27(35)13-15-31(29)41-21-17-25-10-5-2-6-11-25/h1-6,8-15,22-23H,7,16-21H2,(H,36,38)(H,37,39). The highest BCUT2D eigenvalue weighted by Crippen LogP contribution is 2.25. The van der Waals surface area contributed by atoms with Crippen molar-refractivity contribution in [2.24, 2.45) is 0 Å². The largest absolute Gasteiger partial charge is 0.492 e. The first-order valence-corrected chi connectivity index (χ1v) is 15.1. The van der Waals surface area contributed by atoms with Gasteiger partial charge in [0.05, 0.1) is 24.3 Å². The zero-order valence-electron chi connectivity index (χ0n) is 22.6. The maximum atomic E-state index is 12.9. The van der Waals surface area contributed by atoms with E-state index in [2.05, 4.69) is 42.5 Å². The molecule has 0 atom stereocenters. The van der Waals surface area contributed by atoms with Gasteiger partial charge in [-0.05, 0) is 53.9 Å². The summed E-state index contributed by atoms with van der Waals surface area (Å²) in [6, 6.07) is 30.9. The summed E-state index contributed by atoms with van der Waals surface area (Å²) in [6.45, 7) is 1.72. The fraction of sp³-hybridized carbons (Fsp3) is 0.212. The van der Waals surface area contributed by atoms with Gasteiger partial charge in [0.15, 0.2) is 0 Å². The summed E-state index contributed by atoms with van der Waals surface area (Å²) in [5.74, 6) is 0.607. The number of carbonyl (C=O) groups excluding carboxylic acids is 2. The van der Waals surface area contributed by atoms with Crippen molar-refractivity contribution in [1.29, 1.82) is 0 Å². The number of ether oxygens (including phenoxy) is 2. The molecule has 0 saturated carbocycles. The second kappa shape index (κ2) is 16.0. The smallest absolute Gasteiger partial charge is 0.255 e. The summed E-state index contributed by atoms with van der Waals surface area (Å²) in [6.07, 6.45) is 2.05. The Morgan fingerprint density at radius 2 is 1.00 bits per heavy atom. The van der Waals surface area contributed by atoms with Crippen LogP contribution in [-0.4, -0.2) is 38.1 Å². The molecule has 8 heteroatoms. The normalized spacial score (nSPS) is 10.6. The molecule has 41 heavy (non-hydrogen) atoms. The maximum Gasteiger partial charge on any atom is 0.255 e. The zero-order valence-corrected chi connectivity index (χ0v) is 25.7. The first-order valence-electron chi connectivity index (χ1n) is 13.5. The summed E-state index contributed by atoms with van der Waals surface area (Å²) < 4.78 is 13.5. The Bertz CT molecular complexity index is 1320. The van der Waals surface area contributed by atoms with E-state index in [1.807, 2.05) is 72.8 Å². The summed E-state index contributed by atoms with van der Waals surface area (Å²) in [4.78, 5) is 25.9. The highest BCUT2D eigenvalue weighted by Gasteiger charge is 2.15. The Kier molecular flexibility index (Phi) is 11.8. The van der Waals surface area contributed by atoms with Crippen LogP contribution >= 0.6 is 31.9 Å². The maximum absolute atomic E-state index is 12.9. The van der Waals surface area contributed by atoms with E-state index in [1.165, 1.54) is 11.1 Å². The molecule has 0 unspecified atom stereocenters. The Labute approximate surface area is 257 Å². The van der Waals surface area contributed by atoms with E-state index in [0.717, 1.165) is 21.8 Å². The van der Waals surface area contributed by atoms with Crippen LogP contribution in [0, 0.1) is 0 Å². The monoisotopic (exact) mass is 678 g/mol. The van der Waals surface area contributed by atoms with Crippen molar-refractivity contribution >= 4 is 43.7 Å². The number of hydrogen-bond acceptors (Lipinski definition) is 4. The number of halogens is 2. The minimum Gasteiger partial charge on any atom is -0.492 e.